The third-order valence-electron chi connectivity index (χ3n) is 3.77. The number of rotatable bonds is 5. The normalized spacial score (nSPS) is 12.5. The van der Waals surface area contributed by atoms with E-state index in [0.717, 1.165) is 16.4 Å². The first-order valence-corrected chi connectivity index (χ1v) is 8.66. The topological polar surface area (TPSA) is 96.7 Å². The molecule has 2 N–H and O–H groups in total. The Bertz CT molecular complexity index is 1030. The van der Waals surface area contributed by atoms with E-state index in [9.17, 15) is 4.79 Å². The van der Waals surface area contributed by atoms with E-state index in [1.807, 2.05) is 30.3 Å². The number of carbonyl (C=O) groups excluding carboxylic acids is 1. The van der Waals surface area contributed by atoms with Crippen molar-refractivity contribution in [3.05, 3.63) is 48.4 Å². The van der Waals surface area contributed by atoms with Crippen molar-refractivity contribution in [2.45, 2.75) is 23.9 Å². The second-order valence-corrected chi connectivity index (χ2v) is 6.83. The van der Waals surface area contributed by atoms with Crippen LogP contribution in [-0.4, -0.2) is 31.3 Å². The smallest absolute Gasteiger partial charge is 0.233 e. The van der Waals surface area contributed by atoms with Gasteiger partial charge in [-0.05, 0) is 25.1 Å². The number of fused-ring (bicyclic) bond motifs is 3. The third-order valence-corrected chi connectivity index (χ3v) is 4.72. The molecule has 0 unspecified atom stereocenters. The minimum Gasteiger partial charge on any atom is -0.467 e. The lowest BCUT2D eigenvalue weighted by atomic mass is 10.2. The molecular formula is C17H15N5O2S. The van der Waals surface area contributed by atoms with E-state index in [-0.39, 0.29) is 11.2 Å². The highest BCUT2D eigenvalue weighted by atomic mass is 32.2. The van der Waals surface area contributed by atoms with Crippen LogP contribution < -0.4 is 5.32 Å². The number of hydrogen-bond acceptors (Lipinski definition) is 6. The number of nitrogens with one attached hydrogen (secondary N) is 2. The van der Waals surface area contributed by atoms with Gasteiger partial charge in [0.25, 0.3) is 0 Å². The standard InChI is InChI=1S/C17H15N5O2S/c1-10(16(23)18-9-11-5-4-8-24-11)25-17-20-15-14(21-22-17)12-6-2-3-7-13(12)19-15/h2-8,10H,9H2,1H3,(H,18,23)(H,19,20,22)/t10-/m0/s1. The molecule has 0 aliphatic heterocycles. The van der Waals surface area contributed by atoms with Crippen LogP contribution in [0.1, 0.15) is 12.7 Å². The number of H-pyrrole nitrogens is 1. The average molecular weight is 353 g/mol. The molecule has 4 aromatic rings. The number of thioether (sulfide) groups is 1. The quantitative estimate of drug-likeness (QED) is 0.536. The molecule has 1 aromatic carbocycles. The molecular weight excluding hydrogens is 338 g/mol. The molecule has 0 saturated heterocycles. The molecule has 0 saturated carbocycles. The Morgan fingerprint density at radius 1 is 1.28 bits per heavy atom. The summed E-state index contributed by atoms with van der Waals surface area (Å²) < 4.78 is 5.20. The van der Waals surface area contributed by atoms with Crippen molar-refractivity contribution in [3.63, 3.8) is 0 Å². The summed E-state index contributed by atoms with van der Waals surface area (Å²) in [6.45, 7) is 2.16. The number of para-hydroxylation sites is 1. The molecule has 0 fully saturated rings. The minimum atomic E-state index is -0.349. The fraction of sp³-hybridized carbons (Fsp3) is 0.176. The highest BCUT2D eigenvalue weighted by molar-refractivity contribution is 8.00. The molecule has 126 valence electrons. The van der Waals surface area contributed by atoms with Gasteiger partial charge in [-0.25, -0.2) is 4.98 Å². The second kappa shape index (κ2) is 6.56. The molecule has 0 aliphatic carbocycles. The molecule has 0 spiro atoms. The monoisotopic (exact) mass is 353 g/mol. The summed E-state index contributed by atoms with van der Waals surface area (Å²) in [6, 6.07) is 11.4. The first-order valence-electron chi connectivity index (χ1n) is 7.78. The van der Waals surface area contributed by atoms with Crippen LogP contribution in [0.3, 0.4) is 0 Å². The summed E-state index contributed by atoms with van der Waals surface area (Å²) in [6.07, 6.45) is 1.58. The summed E-state index contributed by atoms with van der Waals surface area (Å²) in [7, 11) is 0. The number of aromatic amines is 1. The van der Waals surface area contributed by atoms with Crippen molar-refractivity contribution < 1.29 is 9.21 Å². The van der Waals surface area contributed by atoms with E-state index >= 15 is 0 Å². The lowest BCUT2D eigenvalue weighted by molar-refractivity contribution is -0.120. The number of amides is 1. The van der Waals surface area contributed by atoms with Gasteiger partial charge in [-0.2, -0.15) is 0 Å². The van der Waals surface area contributed by atoms with E-state index in [1.165, 1.54) is 11.8 Å². The molecule has 8 heteroatoms. The largest absolute Gasteiger partial charge is 0.467 e. The molecule has 1 amide bonds. The maximum absolute atomic E-state index is 12.2. The van der Waals surface area contributed by atoms with E-state index in [2.05, 4.69) is 25.5 Å². The summed E-state index contributed by atoms with van der Waals surface area (Å²) >= 11 is 1.27. The van der Waals surface area contributed by atoms with Gasteiger partial charge < -0.3 is 14.7 Å². The Morgan fingerprint density at radius 2 is 2.16 bits per heavy atom. The van der Waals surface area contributed by atoms with E-state index in [0.29, 0.717) is 23.1 Å². The number of benzene rings is 1. The van der Waals surface area contributed by atoms with Gasteiger partial charge in [0.15, 0.2) is 5.65 Å². The summed E-state index contributed by atoms with van der Waals surface area (Å²) in [5.74, 6) is 0.602. The van der Waals surface area contributed by atoms with Crippen molar-refractivity contribution in [3.8, 4) is 0 Å². The fourth-order valence-corrected chi connectivity index (χ4v) is 3.24. The van der Waals surface area contributed by atoms with Gasteiger partial charge in [0.1, 0.15) is 11.3 Å². The summed E-state index contributed by atoms with van der Waals surface area (Å²) in [4.78, 5) is 19.9. The van der Waals surface area contributed by atoms with E-state index in [4.69, 9.17) is 4.42 Å². The van der Waals surface area contributed by atoms with Crippen LogP contribution >= 0.6 is 11.8 Å². The van der Waals surface area contributed by atoms with Gasteiger partial charge >= 0.3 is 0 Å². The molecule has 3 aromatic heterocycles. The fourth-order valence-electron chi connectivity index (χ4n) is 2.50. The lowest BCUT2D eigenvalue weighted by Crippen LogP contribution is -2.30. The number of furan rings is 1. The molecule has 7 nitrogen and oxygen atoms in total. The zero-order valence-electron chi connectivity index (χ0n) is 13.4. The van der Waals surface area contributed by atoms with Gasteiger partial charge in [-0.15, -0.1) is 10.2 Å². The van der Waals surface area contributed by atoms with Crippen molar-refractivity contribution >= 4 is 39.7 Å². The van der Waals surface area contributed by atoms with Gasteiger partial charge in [0.05, 0.1) is 18.1 Å². The first kappa shape index (κ1) is 15.6. The Kier molecular flexibility index (Phi) is 4.10. The first-order chi connectivity index (χ1) is 12.2. The van der Waals surface area contributed by atoms with Crippen LogP contribution in [-0.2, 0) is 11.3 Å². The van der Waals surface area contributed by atoms with Crippen LogP contribution in [0, 0.1) is 0 Å². The molecule has 0 bridgehead atoms. The molecule has 0 radical (unpaired) electrons. The Morgan fingerprint density at radius 3 is 3.00 bits per heavy atom. The van der Waals surface area contributed by atoms with Gasteiger partial charge in [0, 0.05) is 10.9 Å². The predicted molar refractivity (Wildman–Crippen MR) is 95.1 cm³/mol. The second-order valence-electron chi connectivity index (χ2n) is 5.52. The minimum absolute atomic E-state index is 0.109. The summed E-state index contributed by atoms with van der Waals surface area (Å²) in [5, 5.41) is 12.3. The van der Waals surface area contributed by atoms with Crippen LogP contribution in [0.5, 0.6) is 0 Å². The van der Waals surface area contributed by atoms with E-state index < -0.39 is 0 Å². The van der Waals surface area contributed by atoms with Crippen LogP contribution in [0.25, 0.3) is 22.1 Å². The highest BCUT2D eigenvalue weighted by Gasteiger charge is 2.17. The Labute approximate surface area is 147 Å². The lowest BCUT2D eigenvalue weighted by Gasteiger charge is -2.09. The van der Waals surface area contributed by atoms with Gasteiger partial charge in [-0.1, -0.05) is 30.0 Å². The van der Waals surface area contributed by atoms with Crippen molar-refractivity contribution in [1.82, 2.24) is 25.5 Å². The van der Waals surface area contributed by atoms with Crippen LogP contribution in [0.4, 0.5) is 0 Å². The van der Waals surface area contributed by atoms with Crippen LogP contribution in [0.2, 0.25) is 0 Å². The highest BCUT2D eigenvalue weighted by Crippen LogP contribution is 2.24. The molecule has 3 heterocycles. The summed E-state index contributed by atoms with van der Waals surface area (Å²) in [5.41, 5.74) is 2.36. The predicted octanol–water partition coefficient (Wildman–Crippen LogP) is 2.90. The van der Waals surface area contributed by atoms with Crippen molar-refractivity contribution in [1.29, 1.82) is 0 Å². The molecule has 25 heavy (non-hydrogen) atoms. The zero-order chi connectivity index (χ0) is 17.2. The van der Waals surface area contributed by atoms with Crippen molar-refractivity contribution in [2.75, 3.05) is 0 Å². The van der Waals surface area contributed by atoms with Crippen molar-refractivity contribution in [2.24, 2.45) is 0 Å². The molecule has 4 rings (SSSR count). The molecule has 0 aliphatic rings. The number of hydrogen-bond donors (Lipinski definition) is 2. The number of nitrogens with zero attached hydrogens (tertiary/aromatic N) is 3. The maximum Gasteiger partial charge on any atom is 0.233 e. The Hall–Kier alpha value is -2.87. The zero-order valence-corrected chi connectivity index (χ0v) is 14.2. The van der Waals surface area contributed by atoms with Gasteiger partial charge in [0.2, 0.25) is 11.1 Å². The number of carbonyl (C=O) groups is 1. The van der Waals surface area contributed by atoms with E-state index in [1.54, 1.807) is 19.3 Å². The third kappa shape index (κ3) is 3.20. The SMILES string of the molecule is C[C@H](Sc1nnc2c(n1)[nH]c1ccccc12)C(=O)NCc1ccco1. The molecule has 1 atom stereocenters. The maximum atomic E-state index is 12.2. The van der Waals surface area contributed by atoms with Gasteiger partial charge in [-0.3, -0.25) is 4.79 Å². The van der Waals surface area contributed by atoms with Crippen LogP contribution in [0.15, 0.2) is 52.2 Å². The number of aromatic nitrogens is 4. The Balaban J connectivity index is 1.47. The average Bonchev–Trinajstić information content (AvgIpc) is 3.26.